The summed E-state index contributed by atoms with van der Waals surface area (Å²) in [5.74, 6) is -1.18. The lowest BCUT2D eigenvalue weighted by Gasteiger charge is -2.30. The van der Waals surface area contributed by atoms with Crippen LogP contribution in [0.4, 0.5) is 0 Å². The van der Waals surface area contributed by atoms with Gasteiger partial charge in [0, 0.05) is 26.4 Å². The molecule has 2 saturated heterocycles. The lowest BCUT2D eigenvalue weighted by Crippen LogP contribution is -2.55. The number of hydrogen-bond donors (Lipinski definition) is 2. The molecule has 0 saturated carbocycles. The van der Waals surface area contributed by atoms with Crippen molar-refractivity contribution in [2.75, 3.05) is 13.6 Å². The number of piperidine rings is 2. The van der Waals surface area contributed by atoms with Gasteiger partial charge in [-0.2, -0.15) is 0 Å². The Hall–Kier alpha value is -1.92. The standard InChI is InChI=1S/C12H17N3O4/c1-15-10(17)5-3-8(12(15)19)14-11(18)7-2-4-9(16)13-6-7/h7-8H,2-6H2,1H3,(H,13,16)(H,14,18). The fraction of sp³-hybridized carbons (Fsp3) is 0.667. The van der Waals surface area contributed by atoms with E-state index in [4.69, 9.17) is 0 Å². The van der Waals surface area contributed by atoms with Crippen LogP contribution in [0.5, 0.6) is 0 Å². The summed E-state index contributed by atoms with van der Waals surface area (Å²) in [6.45, 7) is 0.306. The lowest BCUT2D eigenvalue weighted by molar-refractivity contribution is -0.150. The van der Waals surface area contributed by atoms with Crippen LogP contribution in [0.2, 0.25) is 0 Å². The highest BCUT2D eigenvalue weighted by molar-refractivity contribution is 6.01. The minimum Gasteiger partial charge on any atom is -0.355 e. The van der Waals surface area contributed by atoms with Crippen LogP contribution in [0.3, 0.4) is 0 Å². The van der Waals surface area contributed by atoms with E-state index in [1.165, 1.54) is 7.05 Å². The molecular formula is C12H17N3O4. The summed E-state index contributed by atoms with van der Waals surface area (Å²) >= 11 is 0. The van der Waals surface area contributed by atoms with Crippen molar-refractivity contribution in [2.45, 2.75) is 31.7 Å². The largest absolute Gasteiger partial charge is 0.355 e. The Morgan fingerprint density at radius 2 is 2.00 bits per heavy atom. The van der Waals surface area contributed by atoms with Crippen molar-refractivity contribution in [3.63, 3.8) is 0 Å². The minimum absolute atomic E-state index is 0.0527. The fourth-order valence-electron chi connectivity index (χ4n) is 2.30. The first-order valence-electron chi connectivity index (χ1n) is 6.36. The molecule has 2 unspecified atom stereocenters. The van der Waals surface area contributed by atoms with Gasteiger partial charge in [0.05, 0.1) is 5.92 Å². The highest BCUT2D eigenvalue weighted by Crippen LogP contribution is 2.15. The van der Waals surface area contributed by atoms with Crippen LogP contribution in [0.25, 0.3) is 0 Å². The van der Waals surface area contributed by atoms with Gasteiger partial charge in [0.15, 0.2) is 0 Å². The van der Waals surface area contributed by atoms with E-state index in [2.05, 4.69) is 10.6 Å². The maximum Gasteiger partial charge on any atom is 0.251 e. The summed E-state index contributed by atoms with van der Waals surface area (Å²) in [6, 6.07) is -0.632. The van der Waals surface area contributed by atoms with Gasteiger partial charge in [-0.05, 0) is 12.8 Å². The lowest BCUT2D eigenvalue weighted by atomic mass is 9.97. The first-order valence-corrected chi connectivity index (χ1v) is 6.36. The van der Waals surface area contributed by atoms with E-state index in [1.54, 1.807) is 0 Å². The number of nitrogens with zero attached hydrogens (tertiary/aromatic N) is 1. The van der Waals surface area contributed by atoms with E-state index in [-0.39, 0.29) is 36.0 Å². The van der Waals surface area contributed by atoms with Crippen molar-refractivity contribution >= 4 is 23.6 Å². The molecule has 2 aliphatic heterocycles. The smallest absolute Gasteiger partial charge is 0.251 e. The molecule has 0 spiro atoms. The molecule has 0 aliphatic carbocycles. The van der Waals surface area contributed by atoms with Crippen LogP contribution in [0, 0.1) is 5.92 Å². The highest BCUT2D eigenvalue weighted by Gasteiger charge is 2.34. The fourth-order valence-corrected chi connectivity index (χ4v) is 2.30. The number of carbonyl (C=O) groups excluding carboxylic acids is 4. The Labute approximate surface area is 110 Å². The third-order valence-corrected chi connectivity index (χ3v) is 3.60. The van der Waals surface area contributed by atoms with Gasteiger partial charge in [-0.25, -0.2) is 0 Å². The van der Waals surface area contributed by atoms with Gasteiger partial charge in [-0.3, -0.25) is 24.1 Å². The summed E-state index contributed by atoms with van der Waals surface area (Å²) in [5, 5.41) is 5.30. The van der Waals surface area contributed by atoms with E-state index in [1.807, 2.05) is 0 Å². The Morgan fingerprint density at radius 1 is 1.26 bits per heavy atom. The molecule has 2 rings (SSSR count). The summed E-state index contributed by atoms with van der Waals surface area (Å²) in [4.78, 5) is 47.2. The zero-order valence-electron chi connectivity index (χ0n) is 10.8. The number of likely N-dealkylation sites (N-methyl/N-ethyl adjacent to an activating group) is 1. The number of imide groups is 1. The van der Waals surface area contributed by atoms with Gasteiger partial charge in [-0.1, -0.05) is 0 Å². The Morgan fingerprint density at radius 3 is 2.63 bits per heavy atom. The zero-order chi connectivity index (χ0) is 14.0. The van der Waals surface area contributed by atoms with Crippen LogP contribution in [0.1, 0.15) is 25.7 Å². The van der Waals surface area contributed by atoms with Crippen molar-refractivity contribution in [1.29, 1.82) is 0 Å². The van der Waals surface area contributed by atoms with Crippen molar-refractivity contribution in [2.24, 2.45) is 5.92 Å². The van der Waals surface area contributed by atoms with Gasteiger partial charge in [0.2, 0.25) is 17.7 Å². The number of nitrogens with one attached hydrogen (secondary N) is 2. The third-order valence-electron chi connectivity index (χ3n) is 3.60. The van der Waals surface area contributed by atoms with E-state index in [9.17, 15) is 19.2 Å². The monoisotopic (exact) mass is 267 g/mol. The van der Waals surface area contributed by atoms with Gasteiger partial charge in [-0.15, -0.1) is 0 Å². The zero-order valence-corrected chi connectivity index (χ0v) is 10.8. The number of amides is 4. The molecule has 2 atom stereocenters. The molecule has 2 N–H and O–H groups in total. The second-order valence-electron chi connectivity index (χ2n) is 4.93. The number of rotatable bonds is 2. The maximum absolute atomic E-state index is 12.0. The molecule has 2 heterocycles. The second-order valence-corrected chi connectivity index (χ2v) is 4.93. The van der Waals surface area contributed by atoms with Gasteiger partial charge in [0.25, 0.3) is 5.91 Å². The van der Waals surface area contributed by atoms with Gasteiger partial charge < -0.3 is 10.6 Å². The topological polar surface area (TPSA) is 95.6 Å². The van der Waals surface area contributed by atoms with E-state index >= 15 is 0 Å². The van der Waals surface area contributed by atoms with E-state index in [0.29, 0.717) is 25.8 Å². The second kappa shape index (κ2) is 5.38. The quantitative estimate of drug-likeness (QED) is 0.613. The summed E-state index contributed by atoms with van der Waals surface area (Å²) in [5.41, 5.74) is 0. The number of likely N-dealkylation sites (tertiary alicyclic amines) is 1. The Balaban J connectivity index is 1.90. The molecule has 0 radical (unpaired) electrons. The maximum atomic E-state index is 12.0. The summed E-state index contributed by atoms with van der Waals surface area (Å²) in [6.07, 6.45) is 1.42. The van der Waals surface area contributed by atoms with Gasteiger partial charge in [0.1, 0.15) is 6.04 Å². The first kappa shape index (κ1) is 13.5. The predicted octanol–water partition coefficient (Wildman–Crippen LogP) is -1.22. The molecule has 0 aromatic rings. The predicted molar refractivity (Wildman–Crippen MR) is 64.7 cm³/mol. The Bertz CT molecular complexity index is 425. The molecule has 2 aliphatic rings. The normalized spacial score (nSPS) is 28.1. The SMILES string of the molecule is CN1C(=O)CCC(NC(=O)C2CCC(=O)NC2)C1=O. The van der Waals surface area contributed by atoms with Crippen molar-refractivity contribution < 1.29 is 19.2 Å². The van der Waals surface area contributed by atoms with Crippen molar-refractivity contribution in [3.05, 3.63) is 0 Å². The summed E-state index contributed by atoms with van der Waals surface area (Å²) < 4.78 is 0. The van der Waals surface area contributed by atoms with Gasteiger partial charge >= 0.3 is 0 Å². The molecule has 0 aromatic carbocycles. The molecule has 19 heavy (non-hydrogen) atoms. The first-order chi connectivity index (χ1) is 8.99. The highest BCUT2D eigenvalue weighted by atomic mass is 16.2. The molecule has 4 amide bonds. The van der Waals surface area contributed by atoms with Crippen molar-refractivity contribution in [3.8, 4) is 0 Å². The van der Waals surface area contributed by atoms with Crippen LogP contribution >= 0.6 is 0 Å². The molecule has 7 nitrogen and oxygen atoms in total. The number of hydrogen-bond acceptors (Lipinski definition) is 4. The molecule has 7 heteroatoms. The number of carbonyl (C=O) groups is 4. The van der Waals surface area contributed by atoms with Crippen LogP contribution in [-0.2, 0) is 19.2 Å². The average Bonchev–Trinajstić information content (AvgIpc) is 2.40. The third kappa shape index (κ3) is 2.91. The Kier molecular flexibility index (Phi) is 3.82. The molecular weight excluding hydrogens is 250 g/mol. The van der Waals surface area contributed by atoms with E-state index in [0.717, 1.165) is 4.90 Å². The molecule has 2 fully saturated rings. The van der Waals surface area contributed by atoms with Crippen molar-refractivity contribution in [1.82, 2.24) is 15.5 Å². The molecule has 0 bridgehead atoms. The van der Waals surface area contributed by atoms with Crippen LogP contribution < -0.4 is 10.6 Å². The van der Waals surface area contributed by atoms with Crippen LogP contribution in [0.15, 0.2) is 0 Å². The average molecular weight is 267 g/mol. The molecule has 0 aromatic heterocycles. The minimum atomic E-state index is -0.632. The summed E-state index contributed by atoms with van der Waals surface area (Å²) in [7, 11) is 1.42. The van der Waals surface area contributed by atoms with E-state index < -0.39 is 6.04 Å². The van der Waals surface area contributed by atoms with Crippen LogP contribution in [-0.4, -0.2) is 48.2 Å². The molecule has 104 valence electrons.